The number of aliphatic hydroxyl groups is 1. The van der Waals surface area contributed by atoms with E-state index in [1.807, 2.05) is 87.1 Å². The Bertz CT molecular complexity index is 2400. The van der Waals surface area contributed by atoms with Gasteiger partial charge in [-0.25, -0.2) is 17.5 Å². The molecule has 4 heterocycles. The average molecular weight is 978 g/mol. The molecule has 4 saturated heterocycles. The Kier molecular flexibility index (Phi) is 16.3. The Labute approximate surface area is 401 Å². The zero-order valence-electron chi connectivity index (χ0n) is 38.5. The number of urea groups is 1. The van der Waals surface area contributed by atoms with E-state index < -0.39 is 51.5 Å². The highest BCUT2D eigenvalue weighted by Crippen LogP contribution is 2.36. The van der Waals surface area contributed by atoms with Crippen molar-refractivity contribution in [2.75, 3.05) is 44.1 Å². The molecule has 0 aliphatic carbocycles. The summed E-state index contributed by atoms with van der Waals surface area (Å²) in [5, 5.41) is 32.2. The number of nitrogens with zero attached hydrogens (tertiary/aromatic N) is 2. The second-order valence-electron chi connectivity index (χ2n) is 18.9. The summed E-state index contributed by atoms with van der Waals surface area (Å²) in [6, 6.07) is 21.9. The molecule has 8 atom stereocenters. The molecule has 0 aromatic heterocycles. The topological polar surface area (TPSA) is 230 Å². The predicted molar refractivity (Wildman–Crippen MR) is 261 cm³/mol. The molecule has 3 aromatic rings. The third kappa shape index (κ3) is 13.1. The number of β-amino-alcohol motifs (C(OH)–C–C–N with tert-alkyl or cyclic N) is 1. The number of benzene rings is 3. The molecule has 20 heteroatoms. The number of rotatable bonds is 15. The summed E-state index contributed by atoms with van der Waals surface area (Å²) in [6.07, 6.45) is 0.745. The van der Waals surface area contributed by atoms with Gasteiger partial charge in [-0.2, -0.15) is 0 Å². The van der Waals surface area contributed by atoms with Crippen molar-refractivity contribution in [3.63, 3.8) is 0 Å². The highest BCUT2D eigenvalue weighted by Gasteiger charge is 2.44. The fourth-order valence-corrected chi connectivity index (χ4v) is 12.1. The Balaban J connectivity index is 0.886. The molecule has 362 valence electrons. The molecule has 8 N–H and O–H groups in total. The largest absolute Gasteiger partial charge is 0.391 e. The summed E-state index contributed by atoms with van der Waals surface area (Å²) < 4.78 is 24.9. The van der Waals surface area contributed by atoms with E-state index in [1.165, 1.54) is 26.5 Å². The summed E-state index contributed by atoms with van der Waals surface area (Å²) in [4.78, 5) is 67.9. The van der Waals surface area contributed by atoms with Crippen LogP contribution >= 0.6 is 23.5 Å². The van der Waals surface area contributed by atoms with Crippen LogP contribution in [0.3, 0.4) is 0 Å². The van der Waals surface area contributed by atoms with Gasteiger partial charge in [-0.15, -0.1) is 23.5 Å². The molecule has 6 unspecified atom stereocenters. The third-order valence-corrected chi connectivity index (χ3v) is 16.4. The predicted octanol–water partition coefficient (Wildman–Crippen LogP) is 2.74. The monoisotopic (exact) mass is 977 g/mol. The highest BCUT2D eigenvalue weighted by molar-refractivity contribution is 8.00. The molecule has 6 amide bonds. The van der Waals surface area contributed by atoms with Gasteiger partial charge in [0.15, 0.2) is 0 Å². The molecule has 4 fully saturated rings. The van der Waals surface area contributed by atoms with Crippen LogP contribution in [0.15, 0.2) is 72.8 Å². The third-order valence-electron chi connectivity index (χ3n) is 12.6. The smallest absolute Gasteiger partial charge is 0.315 e. The highest BCUT2D eigenvalue weighted by atomic mass is 32.2. The van der Waals surface area contributed by atoms with Gasteiger partial charge in [0.05, 0.1) is 24.8 Å². The van der Waals surface area contributed by atoms with Crippen LogP contribution in [0.1, 0.15) is 74.1 Å². The number of sulfonamides is 1. The van der Waals surface area contributed by atoms with E-state index in [-0.39, 0.29) is 75.0 Å². The van der Waals surface area contributed by atoms with E-state index in [9.17, 15) is 37.5 Å². The Hall–Kier alpha value is -4.70. The number of hydrogen-bond acceptors (Lipinski definition) is 12. The fourth-order valence-electron chi connectivity index (χ4n) is 8.82. The van der Waals surface area contributed by atoms with E-state index in [0.717, 1.165) is 39.9 Å². The van der Waals surface area contributed by atoms with Crippen LogP contribution < -0.4 is 37.2 Å². The number of hydrogen-bond donors (Lipinski definition) is 8. The molecule has 3 aromatic carbocycles. The Morgan fingerprint density at radius 2 is 1.58 bits per heavy atom. The number of likely N-dealkylation sites (tertiary alicyclic amines) is 1. The van der Waals surface area contributed by atoms with Crippen LogP contribution in [-0.2, 0) is 42.3 Å². The molecule has 17 nitrogen and oxygen atoms in total. The van der Waals surface area contributed by atoms with Gasteiger partial charge in [-0.1, -0.05) is 81.4 Å². The lowest BCUT2D eigenvalue weighted by molar-refractivity contribution is -0.142. The van der Waals surface area contributed by atoms with Crippen LogP contribution in [-0.4, -0.2) is 126 Å². The standard InChI is InChI=1S/C47H63N9O8S3/c1-28-40(66-27-51-28)31-14-12-29(13-15-31)21-48-43(60)38-20-36(57)25-56(38)44(61)41(47(2,3)4)54-45(62)50-22-30-8-6-9-32(18-30)33-10-7-11-34(19-33)37-26-65-46(52-37)53-39(58)23-49-42(59)35-16-17-55(24-35)67(5,63)64/h6-15,18-19,28,35-38,40-41,46,51-52,57H,16-17,20-27H2,1-5H3,(H,48,60)(H,49,59)(H,53,58)(H2,50,54,62)/t28?,35?,36-,37?,38+,40?,41?,46?/m1/s1. The second-order valence-corrected chi connectivity index (χ2v) is 23.1. The zero-order valence-corrected chi connectivity index (χ0v) is 41.0. The molecule has 0 saturated carbocycles. The molecule has 0 bridgehead atoms. The lowest BCUT2D eigenvalue weighted by Crippen LogP contribution is -2.59. The zero-order chi connectivity index (χ0) is 48.0. The first-order chi connectivity index (χ1) is 31.8. The first-order valence-electron chi connectivity index (χ1n) is 22.7. The van der Waals surface area contributed by atoms with Gasteiger partial charge in [0, 0.05) is 68.1 Å². The van der Waals surface area contributed by atoms with Crippen LogP contribution in [0.4, 0.5) is 4.79 Å². The second kappa shape index (κ2) is 21.7. The fraction of sp³-hybridized carbons (Fsp3) is 0.511. The SMILES string of the molecule is CC1NCSC1c1ccc(CNC(=O)[C@@H]2C[C@@H](O)CN2C(=O)C(NC(=O)NCc2cccc(-c3cccc(C4CSC(NC(=O)CNC(=O)C5CCN(S(C)(=O)=O)C5)N4)c3)c2)C(C)(C)C)cc1. The van der Waals surface area contributed by atoms with Crippen molar-refractivity contribution in [3.8, 4) is 11.1 Å². The van der Waals surface area contributed by atoms with Gasteiger partial charge in [0.2, 0.25) is 33.7 Å². The van der Waals surface area contributed by atoms with E-state index >= 15 is 0 Å². The van der Waals surface area contributed by atoms with E-state index in [2.05, 4.69) is 62.3 Å². The van der Waals surface area contributed by atoms with Crippen LogP contribution in [0.25, 0.3) is 11.1 Å². The maximum absolute atomic E-state index is 14.2. The lowest BCUT2D eigenvalue weighted by atomic mass is 9.85. The lowest BCUT2D eigenvalue weighted by Gasteiger charge is -2.35. The number of thioether (sulfide) groups is 2. The maximum atomic E-state index is 14.2. The van der Waals surface area contributed by atoms with Crippen molar-refractivity contribution in [2.45, 2.75) is 94.6 Å². The molecule has 4 aliphatic rings. The normalized spacial score (nSPS) is 24.8. The minimum atomic E-state index is -3.37. The van der Waals surface area contributed by atoms with Gasteiger partial charge in [-0.3, -0.25) is 24.5 Å². The molecule has 0 radical (unpaired) electrons. The molecule has 0 spiro atoms. The number of carbonyl (C=O) groups is 5. The van der Waals surface area contributed by atoms with Crippen molar-refractivity contribution < 1.29 is 37.5 Å². The van der Waals surface area contributed by atoms with Crippen molar-refractivity contribution >= 4 is 63.2 Å². The first-order valence-corrected chi connectivity index (χ1v) is 26.6. The number of aliphatic hydroxyl groups excluding tert-OH is 1. The molecule has 7 rings (SSSR count). The van der Waals surface area contributed by atoms with Gasteiger partial charge in [-0.05, 0) is 64.3 Å². The van der Waals surface area contributed by atoms with Crippen LogP contribution in [0.2, 0.25) is 0 Å². The maximum Gasteiger partial charge on any atom is 0.315 e. The summed E-state index contributed by atoms with van der Waals surface area (Å²) in [7, 11) is -3.37. The first kappa shape index (κ1) is 50.2. The molecule has 4 aliphatic heterocycles. The van der Waals surface area contributed by atoms with E-state index in [1.54, 1.807) is 0 Å². The summed E-state index contributed by atoms with van der Waals surface area (Å²) in [5.74, 6) is -0.388. The van der Waals surface area contributed by atoms with Gasteiger partial charge in [0.25, 0.3) is 0 Å². The minimum Gasteiger partial charge on any atom is -0.391 e. The molecule has 67 heavy (non-hydrogen) atoms. The van der Waals surface area contributed by atoms with Crippen molar-refractivity contribution in [1.82, 2.24) is 46.4 Å². The Morgan fingerprint density at radius 3 is 2.27 bits per heavy atom. The summed E-state index contributed by atoms with van der Waals surface area (Å²) in [6.45, 7) is 8.31. The van der Waals surface area contributed by atoms with E-state index in [4.69, 9.17) is 0 Å². The van der Waals surface area contributed by atoms with Gasteiger partial charge < -0.3 is 41.9 Å². The summed E-state index contributed by atoms with van der Waals surface area (Å²) >= 11 is 3.41. The Morgan fingerprint density at radius 1 is 0.866 bits per heavy atom. The van der Waals surface area contributed by atoms with E-state index in [0.29, 0.717) is 23.5 Å². The number of nitrogens with one attached hydrogen (secondary N) is 7. The molecular weight excluding hydrogens is 915 g/mol. The quantitative estimate of drug-likeness (QED) is 0.110. The van der Waals surface area contributed by atoms with Crippen LogP contribution in [0.5, 0.6) is 0 Å². The minimum absolute atomic E-state index is 0.0209. The van der Waals surface area contributed by atoms with Crippen LogP contribution in [0, 0.1) is 11.3 Å². The number of amides is 6. The van der Waals surface area contributed by atoms with Crippen molar-refractivity contribution in [3.05, 3.63) is 95.1 Å². The van der Waals surface area contributed by atoms with Crippen molar-refractivity contribution in [1.29, 1.82) is 0 Å². The van der Waals surface area contributed by atoms with Gasteiger partial charge in [0.1, 0.15) is 17.6 Å². The average Bonchev–Trinajstić information content (AvgIpc) is 4.14. The van der Waals surface area contributed by atoms with Gasteiger partial charge >= 0.3 is 6.03 Å². The number of carbonyl (C=O) groups excluding carboxylic acids is 5. The van der Waals surface area contributed by atoms with Crippen molar-refractivity contribution in [2.24, 2.45) is 11.3 Å². The summed E-state index contributed by atoms with van der Waals surface area (Å²) in [5.41, 5.74) is 4.80. The molecular formula is C47H63N9O8S3.